The van der Waals surface area contributed by atoms with E-state index < -0.39 is 21.9 Å². The minimum atomic E-state index is -1.40. The van der Waals surface area contributed by atoms with Crippen LogP contribution in [0.2, 0.25) is 0 Å². The van der Waals surface area contributed by atoms with Crippen molar-refractivity contribution >= 4 is 33.5 Å². The van der Waals surface area contributed by atoms with Crippen LogP contribution in [0, 0.1) is 5.82 Å². The molecule has 0 amide bonds. The standard InChI is InChI=1S/C10H12BrFN2OS/c1-10(2,3)16(15)14-6-9-8(12)4-7(11)5-13-9/h4-6H,1-3H3/t16-/m1/s1. The van der Waals surface area contributed by atoms with E-state index >= 15 is 0 Å². The summed E-state index contributed by atoms with van der Waals surface area (Å²) in [4.78, 5) is 3.83. The van der Waals surface area contributed by atoms with Crippen LogP contribution >= 0.6 is 15.9 Å². The van der Waals surface area contributed by atoms with Gasteiger partial charge in [-0.2, -0.15) is 0 Å². The Hall–Kier alpha value is -0.460. The molecule has 0 saturated heterocycles. The van der Waals surface area contributed by atoms with Crippen LogP contribution in [0.3, 0.4) is 0 Å². The van der Waals surface area contributed by atoms with Gasteiger partial charge in [-0.05, 0) is 42.8 Å². The molecule has 0 unspecified atom stereocenters. The average molecular weight is 307 g/mol. The van der Waals surface area contributed by atoms with Crippen LogP contribution < -0.4 is 0 Å². The molecule has 16 heavy (non-hydrogen) atoms. The van der Waals surface area contributed by atoms with Crippen LogP contribution in [0.5, 0.6) is 0 Å². The van der Waals surface area contributed by atoms with Crippen molar-refractivity contribution in [1.82, 2.24) is 4.98 Å². The van der Waals surface area contributed by atoms with Gasteiger partial charge in [-0.3, -0.25) is 4.98 Å². The molecule has 0 aliphatic rings. The fourth-order valence-electron chi connectivity index (χ4n) is 0.776. The second kappa shape index (κ2) is 5.25. The lowest BCUT2D eigenvalue weighted by molar-refractivity contribution is 0.561. The van der Waals surface area contributed by atoms with Gasteiger partial charge in [-0.25, -0.2) is 4.39 Å². The number of aromatic nitrogens is 1. The molecule has 1 heterocycles. The van der Waals surface area contributed by atoms with E-state index in [1.54, 1.807) is 20.8 Å². The maximum Gasteiger partial charge on any atom is 0.151 e. The zero-order valence-electron chi connectivity index (χ0n) is 9.20. The van der Waals surface area contributed by atoms with E-state index in [9.17, 15) is 8.94 Å². The van der Waals surface area contributed by atoms with Crippen LogP contribution in [-0.2, 0) is 11.4 Å². The first-order chi connectivity index (χ1) is 7.30. The van der Waals surface area contributed by atoms with Gasteiger partial charge in [-0.15, -0.1) is 0 Å². The van der Waals surface area contributed by atoms with Crippen molar-refractivity contribution in [2.24, 2.45) is 4.40 Å². The second-order valence-electron chi connectivity index (χ2n) is 4.12. The van der Waals surface area contributed by atoms with Gasteiger partial charge in [0.05, 0.1) is 0 Å². The number of hydrogen-bond acceptors (Lipinski definition) is 3. The van der Waals surface area contributed by atoms with Gasteiger partial charge in [0, 0.05) is 10.7 Å². The molecule has 0 aliphatic heterocycles. The summed E-state index contributed by atoms with van der Waals surface area (Å²) in [7, 11) is 0. The third-order valence-corrected chi connectivity index (χ3v) is 3.41. The van der Waals surface area contributed by atoms with Crippen molar-refractivity contribution in [3.8, 4) is 0 Å². The summed E-state index contributed by atoms with van der Waals surface area (Å²) in [5, 5.41) is 0. The van der Waals surface area contributed by atoms with Gasteiger partial charge >= 0.3 is 0 Å². The fourth-order valence-corrected chi connectivity index (χ4v) is 1.59. The Balaban J connectivity index is 2.85. The summed E-state index contributed by atoms with van der Waals surface area (Å²) >= 11 is 1.70. The van der Waals surface area contributed by atoms with E-state index in [1.807, 2.05) is 0 Å². The predicted molar refractivity (Wildman–Crippen MR) is 67.4 cm³/mol. The predicted octanol–water partition coefficient (Wildman–Crippen LogP) is 2.86. The Morgan fingerprint density at radius 2 is 2.19 bits per heavy atom. The Morgan fingerprint density at radius 1 is 1.56 bits per heavy atom. The molecule has 0 fully saturated rings. The summed E-state index contributed by atoms with van der Waals surface area (Å²) in [6.45, 7) is 5.39. The van der Waals surface area contributed by atoms with Gasteiger partial charge < -0.3 is 4.55 Å². The third kappa shape index (κ3) is 3.84. The van der Waals surface area contributed by atoms with Crippen molar-refractivity contribution in [2.45, 2.75) is 25.5 Å². The Labute approximate surface area is 106 Å². The van der Waals surface area contributed by atoms with Crippen molar-refractivity contribution < 1.29 is 8.94 Å². The quantitative estimate of drug-likeness (QED) is 0.623. The highest BCUT2D eigenvalue weighted by molar-refractivity contribution is 9.10. The lowest BCUT2D eigenvalue weighted by Gasteiger charge is -2.17. The minimum Gasteiger partial charge on any atom is -0.591 e. The Morgan fingerprint density at radius 3 is 2.69 bits per heavy atom. The highest BCUT2D eigenvalue weighted by atomic mass is 79.9. The van der Waals surface area contributed by atoms with Gasteiger partial charge in [0.15, 0.2) is 5.82 Å². The van der Waals surface area contributed by atoms with Crippen molar-refractivity contribution in [2.75, 3.05) is 0 Å². The maximum atomic E-state index is 13.3. The lowest BCUT2D eigenvalue weighted by Crippen LogP contribution is -2.25. The van der Waals surface area contributed by atoms with E-state index in [0.717, 1.165) is 0 Å². The first kappa shape index (κ1) is 13.6. The zero-order chi connectivity index (χ0) is 12.3. The molecule has 1 aromatic heterocycles. The average Bonchev–Trinajstić information content (AvgIpc) is 2.14. The number of nitrogens with zero attached hydrogens (tertiary/aromatic N) is 2. The smallest absolute Gasteiger partial charge is 0.151 e. The van der Waals surface area contributed by atoms with Gasteiger partial charge in [-0.1, -0.05) is 4.40 Å². The number of pyridine rings is 1. The van der Waals surface area contributed by atoms with E-state index in [0.29, 0.717) is 4.47 Å². The molecule has 0 N–H and O–H groups in total. The van der Waals surface area contributed by atoms with Gasteiger partial charge in [0.2, 0.25) is 0 Å². The van der Waals surface area contributed by atoms with Crippen molar-refractivity contribution in [1.29, 1.82) is 0 Å². The molecule has 0 aromatic carbocycles. The molecule has 1 atom stereocenters. The fraction of sp³-hybridized carbons (Fsp3) is 0.400. The summed E-state index contributed by atoms with van der Waals surface area (Å²) < 4.78 is 28.8. The molecular formula is C10H12BrFN2OS. The van der Waals surface area contributed by atoms with Crippen LogP contribution in [0.1, 0.15) is 26.5 Å². The first-order valence-corrected chi connectivity index (χ1v) is 6.48. The third-order valence-electron chi connectivity index (χ3n) is 1.63. The van der Waals surface area contributed by atoms with E-state index in [-0.39, 0.29) is 5.69 Å². The highest BCUT2D eigenvalue weighted by Crippen LogP contribution is 2.17. The Kier molecular flexibility index (Phi) is 4.46. The lowest BCUT2D eigenvalue weighted by atomic mass is 10.3. The molecular weight excluding hydrogens is 295 g/mol. The van der Waals surface area contributed by atoms with Gasteiger partial charge in [0.25, 0.3) is 0 Å². The molecule has 88 valence electrons. The summed E-state index contributed by atoms with van der Waals surface area (Å²) in [5.41, 5.74) is 0.0841. The molecule has 6 heteroatoms. The molecule has 0 bridgehead atoms. The zero-order valence-corrected chi connectivity index (χ0v) is 11.6. The number of rotatable bonds is 2. The first-order valence-electron chi connectivity index (χ1n) is 4.58. The Bertz CT molecular complexity index is 406. The molecule has 0 radical (unpaired) electrons. The molecule has 3 nitrogen and oxygen atoms in total. The second-order valence-corrected chi connectivity index (χ2v) is 6.97. The normalized spacial score (nSPS) is 14.4. The largest absolute Gasteiger partial charge is 0.591 e. The number of hydrogen-bond donors (Lipinski definition) is 0. The molecule has 0 spiro atoms. The van der Waals surface area contributed by atoms with Crippen LogP contribution in [-0.4, -0.2) is 20.5 Å². The molecule has 1 aromatic rings. The maximum absolute atomic E-state index is 13.3. The van der Waals surface area contributed by atoms with Crippen molar-refractivity contribution in [3.05, 3.63) is 28.2 Å². The summed E-state index contributed by atoms with van der Waals surface area (Å²) in [6.07, 6.45) is 2.66. The van der Waals surface area contributed by atoms with Crippen LogP contribution in [0.15, 0.2) is 21.1 Å². The SMILES string of the molecule is CC(C)(C)[S@@+]([O-])N=Cc1ncc(Br)cc1F. The van der Waals surface area contributed by atoms with Crippen molar-refractivity contribution in [3.63, 3.8) is 0 Å². The van der Waals surface area contributed by atoms with Crippen LogP contribution in [0.25, 0.3) is 0 Å². The monoisotopic (exact) mass is 306 g/mol. The number of halogens is 2. The van der Waals surface area contributed by atoms with E-state index in [1.165, 1.54) is 18.5 Å². The topological polar surface area (TPSA) is 48.3 Å². The summed E-state index contributed by atoms with van der Waals surface area (Å²) in [6, 6.07) is 1.29. The van der Waals surface area contributed by atoms with E-state index in [4.69, 9.17) is 0 Å². The minimum absolute atomic E-state index is 0.0841. The summed E-state index contributed by atoms with van der Waals surface area (Å²) in [5.74, 6) is -0.496. The molecule has 1 rings (SSSR count). The molecule has 0 saturated carbocycles. The highest BCUT2D eigenvalue weighted by Gasteiger charge is 2.25. The van der Waals surface area contributed by atoms with Gasteiger partial charge in [0.1, 0.15) is 28.0 Å². The molecule has 0 aliphatic carbocycles. The van der Waals surface area contributed by atoms with Crippen LogP contribution in [0.4, 0.5) is 4.39 Å². The van der Waals surface area contributed by atoms with E-state index in [2.05, 4.69) is 25.3 Å².